The maximum absolute atomic E-state index is 11.5. The van der Waals surface area contributed by atoms with Gasteiger partial charge >= 0.3 is 6.09 Å². The molecular formula is C13H17ClN2O3. The molecule has 0 saturated heterocycles. The number of aldehydes is 1. The lowest BCUT2D eigenvalue weighted by Gasteiger charge is -2.38. The Morgan fingerprint density at radius 2 is 2.21 bits per heavy atom. The van der Waals surface area contributed by atoms with Gasteiger partial charge in [0, 0.05) is 23.2 Å². The average molecular weight is 285 g/mol. The summed E-state index contributed by atoms with van der Waals surface area (Å²) in [5.74, 6) is 0. The van der Waals surface area contributed by atoms with Crippen molar-refractivity contribution in [2.24, 2.45) is 0 Å². The van der Waals surface area contributed by atoms with Crippen LogP contribution in [0.25, 0.3) is 0 Å². The zero-order chi connectivity index (χ0) is 14.6. The van der Waals surface area contributed by atoms with E-state index in [-0.39, 0.29) is 6.42 Å². The molecule has 6 heteroatoms. The number of hydrogen-bond donors (Lipinski definition) is 1. The van der Waals surface area contributed by atoms with Crippen molar-refractivity contribution < 1.29 is 14.7 Å². The van der Waals surface area contributed by atoms with Gasteiger partial charge in [0.15, 0.2) is 0 Å². The molecule has 0 aliphatic carbocycles. The Morgan fingerprint density at radius 1 is 1.58 bits per heavy atom. The van der Waals surface area contributed by atoms with Gasteiger partial charge in [0.2, 0.25) is 0 Å². The highest BCUT2D eigenvalue weighted by molar-refractivity contribution is 6.30. The van der Waals surface area contributed by atoms with Gasteiger partial charge in [-0.05, 0) is 32.9 Å². The fourth-order valence-corrected chi connectivity index (χ4v) is 2.11. The van der Waals surface area contributed by atoms with Gasteiger partial charge in [0.1, 0.15) is 6.29 Å². The summed E-state index contributed by atoms with van der Waals surface area (Å²) in [5.41, 5.74) is -0.180. The van der Waals surface area contributed by atoms with Crippen molar-refractivity contribution in [3.05, 3.63) is 29.0 Å². The van der Waals surface area contributed by atoms with Crippen LogP contribution in [-0.2, 0) is 4.79 Å². The first-order valence-electron chi connectivity index (χ1n) is 5.84. The number of carboxylic acid groups (broad SMARTS) is 1. The van der Waals surface area contributed by atoms with Gasteiger partial charge < -0.3 is 9.90 Å². The first-order valence-corrected chi connectivity index (χ1v) is 6.22. The van der Waals surface area contributed by atoms with Gasteiger partial charge in [0.05, 0.1) is 11.7 Å². The summed E-state index contributed by atoms with van der Waals surface area (Å²) in [5, 5.41) is 9.84. The van der Waals surface area contributed by atoms with Crippen LogP contribution in [0.3, 0.4) is 0 Å². The first kappa shape index (κ1) is 15.4. The number of nitrogens with zero attached hydrogens (tertiary/aromatic N) is 2. The van der Waals surface area contributed by atoms with E-state index in [1.807, 2.05) is 0 Å². The molecule has 0 bridgehead atoms. The van der Waals surface area contributed by atoms with E-state index in [0.717, 1.165) is 0 Å². The largest absolute Gasteiger partial charge is 0.465 e. The van der Waals surface area contributed by atoms with Gasteiger partial charge in [-0.1, -0.05) is 11.6 Å². The summed E-state index contributed by atoms with van der Waals surface area (Å²) in [7, 11) is 0. The van der Waals surface area contributed by atoms with E-state index in [2.05, 4.69) is 4.98 Å². The lowest BCUT2D eigenvalue weighted by Crippen LogP contribution is -2.47. The molecule has 1 unspecified atom stereocenters. The van der Waals surface area contributed by atoms with Gasteiger partial charge in [-0.2, -0.15) is 0 Å². The Kier molecular flexibility index (Phi) is 4.89. The number of aromatic nitrogens is 1. The highest BCUT2D eigenvalue weighted by Gasteiger charge is 2.34. The van der Waals surface area contributed by atoms with Crippen molar-refractivity contribution in [1.29, 1.82) is 0 Å². The van der Waals surface area contributed by atoms with E-state index in [1.54, 1.807) is 32.9 Å². The van der Waals surface area contributed by atoms with Crippen molar-refractivity contribution in [3.8, 4) is 0 Å². The van der Waals surface area contributed by atoms with Gasteiger partial charge in [-0.3, -0.25) is 9.88 Å². The van der Waals surface area contributed by atoms with Crippen LogP contribution in [0.2, 0.25) is 5.02 Å². The third-order valence-electron chi connectivity index (χ3n) is 2.64. The minimum Gasteiger partial charge on any atom is -0.465 e. The van der Waals surface area contributed by atoms with E-state index in [0.29, 0.717) is 17.0 Å². The number of carbonyl (C=O) groups is 2. The van der Waals surface area contributed by atoms with Crippen LogP contribution in [0.5, 0.6) is 0 Å². The fourth-order valence-electron chi connectivity index (χ4n) is 1.94. The second-order valence-electron chi connectivity index (χ2n) is 5.14. The van der Waals surface area contributed by atoms with Crippen LogP contribution in [0.1, 0.15) is 38.9 Å². The van der Waals surface area contributed by atoms with Crippen LogP contribution in [0, 0.1) is 0 Å². The van der Waals surface area contributed by atoms with Crippen LogP contribution >= 0.6 is 11.6 Å². The monoisotopic (exact) mass is 284 g/mol. The van der Waals surface area contributed by atoms with Crippen molar-refractivity contribution >= 4 is 24.0 Å². The average Bonchev–Trinajstić information content (AvgIpc) is 2.26. The molecule has 1 amide bonds. The Morgan fingerprint density at radius 3 is 2.63 bits per heavy atom. The molecule has 0 aromatic carbocycles. The third-order valence-corrected chi connectivity index (χ3v) is 2.88. The normalized spacial score (nSPS) is 12.8. The molecule has 0 saturated carbocycles. The van der Waals surface area contributed by atoms with Gasteiger partial charge in [-0.15, -0.1) is 0 Å². The van der Waals surface area contributed by atoms with Gasteiger partial charge in [0.25, 0.3) is 0 Å². The predicted octanol–water partition coefficient (Wildman–Crippen LogP) is 3.14. The van der Waals surface area contributed by atoms with Crippen LogP contribution in [-0.4, -0.2) is 32.9 Å². The number of pyridine rings is 1. The molecule has 1 heterocycles. The number of rotatable bonds is 4. The molecule has 1 aromatic rings. The molecule has 1 N–H and O–H groups in total. The zero-order valence-electron chi connectivity index (χ0n) is 11.1. The van der Waals surface area contributed by atoms with E-state index < -0.39 is 17.7 Å². The molecule has 0 fully saturated rings. The molecular weight excluding hydrogens is 268 g/mol. The zero-order valence-corrected chi connectivity index (χ0v) is 11.9. The molecule has 0 aliphatic rings. The predicted molar refractivity (Wildman–Crippen MR) is 72.3 cm³/mol. The smallest absolute Gasteiger partial charge is 0.408 e. The summed E-state index contributed by atoms with van der Waals surface area (Å²) < 4.78 is 0. The topological polar surface area (TPSA) is 70.5 Å². The Hall–Kier alpha value is -1.62. The second kappa shape index (κ2) is 6.02. The molecule has 5 nitrogen and oxygen atoms in total. The van der Waals surface area contributed by atoms with Crippen LogP contribution in [0.4, 0.5) is 4.79 Å². The summed E-state index contributed by atoms with van der Waals surface area (Å²) in [6, 6.07) is 2.54. The second-order valence-corrected chi connectivity index (χ2v) is 5.58. The highest BCUT2D eigenvalue weighted by Crippen LogP contribution is 2.30. The minimum absolute atomic E-state index is 0.0386. The van der Waals surface area contributed by atoms with E-state index >= 15 is 0 Å². The maximum atomic E-state index is 11.5. The molecule has 0 aliphatic heterocycles. The Labute approximate surface area is 117 Å². The third kappa shape index (κ3) is 3.92. The first-order chi connectivity index (χ1) is 8.77. The summed E-state index contributed by atoms with van der Waals surface area (Å²) in [6.07, 6.45) is 1.13. The lowest BCUT2D eigenvalue weighted by molar-refractivity contribution is -0.109. The fraction of sp³-hybridized carbons (Fsp3) is 0.462. The molecule has 1 aromatic heterocycles. The summed E-state index contributed by atoms with van der Waals surface area (Å²) in [6.45, 7) is 5.30. The molecule has 1 atom stereocenters. The standard InChI is InChI=1S/C13H17ClN2O3/c1-13(2,3)16(12(18)19)11(5-7-17)10-8-9(14)4-6-15-10/h4,6-8,11H,5H2,1-3H3,(H,18,19). The number of amides is 1. The lowest BCUT2D eigenvalue weighted by atomic mass is 9.99. The summed E-state index contributed by atoms with van der Waals surface area (Å²) >= 11 is 5.89. The van der Waals surface area contributed by atoms with E-state index in [1.165, 1.54) is 11.1 Å². The minimum atomic E-state index is -1.10. The maximum Gasteiger partial charge on any atom is 0.408 e. The molecule has 19 heavy (non-hydrogen) atoms. The van der Waals surface area contributed by atoms with Crippen molar-refractivity contribution in [3.63, 3.8) is 0 Å². The molecule has 0 spiro atoms. The van der Waals surface area contributed by atoms with Crippen LogP contribution in [0.15, 0.2) is 18.3 Å². The van der Waals surface area contributed by atoms with Crippen molar-refractivity contribution in [2.75, 3.05) is 0 Å². The molecule has 0 radical (unpaired) electrons. The number of halogens is 1. The summed E-state index contributed by atoms with van der Waals surface area (Å²) in [4.78, 5) is 27.7. The highest BCUT2D eigenvalue weighted by atomic mass is 35.5. The molecule has 104 valence electrons. The Balaban J connectivity index is 3.25. The van der Waals surface area contributed by atoms with Crippen LogP contribution < -0.4 is 0 Å². The van der Waals surface area contributed by atoms with E-state index in [9.17, 15) is 14.7 Å². The Bertz CT molecular complexity index is 471. The van der Waals surface area contributed by atoms with Crippen molar-refractivity contribution in [1.82, 2.24) is 9.88 Å². The van der Waals surface area contributed by atoms with Gasteiger partial charge in [-0.25, -0.2) is 4.79 Å². The van der Waals surface area contributed by atoms with Crippen molar-refractivity contribution in [2.45, 2.75) is 38.8 Å². The SMILES string of the molecule is CC(C)(C)N(C(=O)O)C(CC=O)c1cc(Cl)ccn1. The molecule has 1 rings (SSSR count). The number of hydrogen-bond acceptors (Lipinski definition) is 3. The van der Waals surface area contributed by atoms with E-state index in [4.69, 9.17) is 11.6 Å². The number of carbonyl (C=O) groups excluding carboxylic acids is 1. The quantitative estimate of drug-likeness (QED) is 0.862.